The SMILES string of the molecule is CCC1CCc2sc(C(=O)N3CCCN(S(=O)(=O)c4c(C)noc4C)CC3)cc2C1. The van der Waals surface area contributed by atoms with Crippen molar-refractivity contribution in [2.75, 3.05) is 26.2 Å². The lowest BCUT2D eigenvalue weighted by Crippen LogP contribution is -2.37. The van der Waals surface area contributed by atoms with Crippen LogP contribution in [0.1, 0.15) is 57.8 Å². The van der Waals surface area contributed by atoms with E-state index in [1.807, 2.05) is 0 Å². The maximum absolute atomic E-state index is 13.2. The molecular formula is C21H29N3O4S2. The van der Waals surface area contributed by atoms with Crippen LogP contribution in [0, 0.1) is 19.8 Å². The van der Waals surface area contributed by atoms with Crippen molar-refractivity contribution in [3.63, 3.8) is 0 Å². The predicted octanol–water partition coefficient (Wildman–Crippen LogP) is 3.40. The van der Waals surface area contributed by atoms with Gasteiger partial charge in [-0.3, -0.25) is 4.79 Å². The zero-order valence-corrected chi connectivity index (χ0v) is 19.4. The van der Waals surface area contributed by atoms with Gasteiger partial charge in [-0.25, -0.2) is 8.42 Å². The smallest absolute Gasteiger partial charge is 0.263 e. The van der Waals surface area contributed by atoms with Crippen molar-refractivity contribution in [1.82, 2.24) is 14.4 Å². The van der Waals surface area contributed by atoms with Gasteiger partial charge in [0, 0.05) is 31.1 Å². The molecule has 164 valence electrons. The molecule has 3 heterocycles. The zero-order valence-electron chi connectivity index (χ0n) is 17.8. The molecule has 2 aliphatic rings. The van der Waals surface area contributed by atoms with Crippen LogP contribution < -0.4 is 0 Å². The van der Waals surface area contributed by atoms with E-state index in [1.54, 1.807) is 30.1 Å². The lowest BCUT2D eigenvalue weighted by molar-refractivity contribution is 0.0769. The van der Waals surface area contributed by atoms with Gasteiger partial charge in [0.2, 0.25) is 10.0 Å². The van der Waals surface area contributed by atoms with Gasteiger partial charge in [0.1, 0.15) is 10.6 Å². The van der Waals surface area contributed by atoms with Gasteiger partial charge in [-0.15, -0.1) is 11.3 Å². The van der Waals surface area contributed by atoms with Gasteiger partial charge in [-0.2, -0.15) is 4.31 Å². The van der Waals surface area contributed by atoms with Crippen LogP contribution >= 0.6 is 11.3 Å². The van der Waals surface area contributed by atoms with Crippen LogP contribution in [0.25, 0.3) is 0 Å². The number of aryl methyl sites for hydroxylation is 3. The van der Waals surface area contributed by atoms with Gasteiger partial charge in [-0.1, -0.05) is 18.5 Å². The molecule has 1 aliphatic carbocycles. The summed E-state index contributed by atoms with van der Waals surface area (Å²) in [6, 6.07) is 2.08. The van der Waals surface area contributed by atoms with Crippen LogP contribution in [0.15, 0.2) is 15.5 Å². The van der Waals surface area contributed by atoms with Gasteiger partial charge in [-0.05, 0) is 57.1 Å². The second-order valence-corrected chi connectivity index (χ2v) is 11.3. The van der Waals surface area contributed by atoms with E-state index < -0.39 is 10.0 Å². The molecule has 0 N–H and O–H groups in total. The third-order valence-electron chi connectivity index (χ3n) is 6.28. The first kappa shape index (κ1) is 21.5. The molecular weight excluding hydrogens is 422 g/mol. The highest BCUT2D eigenvalue weighted by molar-refractivity contribution is 7.89. The van der Waals surface area contributed by atoms with Gasteiger partial charge in [0.15, 0.2) is 5.76 Å². The molecule has 1 amide bonds. The third kappa shape index (κ3) is 3.94. The van der Waals surface area contributed by atoms with Gasteiger partial charge < -0.3 is 9.42 Å². The quantitative estimate of drug-likeness (QED) is 0.711. The van der Waals surface area contributed by atoms with Crippen molar-refractivity contribution in [2.24, 2.45) is 5.92 Å². The van der Waals surface area contributed by atoms with Crippen molar-refractivity contribution in [3.8, 4) is 0 Å². The monoisotopic (exact) mass is 451 g/mol. The molecule has 1 unspecified atom stereocenters. The summed E-state index contributed by atoms with van der Waals surface area (Å²) in [6.45, 7) is 7.10. The number of nitrogens with zero attached hydrogens (tertiary/aromatic N) is 3. The largest absolute Gasteiger partial charge is 0.360 e. The number of hydrogen-bond donors (Lipinski definition) is 0. The summed E-state index contributed by atoms with van der Waals surface area (Å²) < 4.78 is 32.7. The van der Waals surface area contributed by atoms with Crippen LogP contribution in [0.5, 0.6) is 0 Å². The van der Waals surface area contributed by atoms with Crippen molar-refractivity contribution in [2.45, 2.75) is 57.8 Å². The Kier molecular flexibility index (Phi) is 6.05. The molecule has 0 spiro atoms. The molecule has 2 aromatic heterocycles. The Morgan fingerprint density at radius 2 is 2.07 bits per heavy atom. The number of amides is 1. The van der Waals surface area contributed by atoms with Crippen molar-refractivity contribution >= 4 is 27.3 Å². The molecule has 0 saturated carbocycles. The van der Waals surface area contributed by atoms with E-state index >= 15 is 0 Å². The van der Waals surface area contributed by atoms with E-state index in [-0.39, 0.29) is 17.3 Å². The average Bonchev–Trinajstić information content (AvgIpc) is 3.19. The molecule has 9 heteroatoms. The summed E-state index contributed by atoms with van der Waals surface area (Å²) in [7, 11) is -3.69. The lowest BCUT2D eigenvalue weighted by Gasteiger charge is -2.21. The Morgan fingerprint density at radius 1 is 1.27 bits per heavy atom. The first-order chi connectivity index (χ1) is 14.3. The third-order valence-corrected chi connectivity index (χ3v) is 9.65. The number of carbonyl (C=O) groups is 1. The maximum Gasteiger partial charge on any atom is 0.263 e. The molecule has 0 bridgehead atoms. The van der Waals surface area contributed by atoms with E-state index in [4.69, 9.17) is 4.52 Å². The van der Waals surface area contributed by atoms with E-state index in [9.17, 15) is 13.2 Å². The van der Waals surface area contributed by atoms with Crippen LogP contribution in [0.3, 0.4) is 0 Å². The van der Waals surface area contributed by atoms with Gasteiger partial charge in [0.05, 0.1) is 4.88 Å². The summed E-state index contributed by atoms with van der Waals surface area (Å²) >= 11 is 1.62. The Bertz CT molecular complexity index is 1020. The summed E-state index contributed by atoms with van der Waals surface area (Å²) in [5.41, 5.74) is 1.71. The lowest BCUT2D eigenvalue weighted by atomic mass is 9.87. The number of fused-ring (bicyclic) bond motifs is 1. The highest BCUT2D eigenvalue weighted by atomic mass is 32.2. The van der Waals surface area contributed by atoms with E-state index in [0.717, 1.165) is 23.6 Å². The fraction of sp³-hybridized carbons (Fsp3) is 0.619. The summed E-state index contributed by atoms with van der Waals surface area (Å²) in [5, 5.41) is 3.78. The topological polar surface area (TPSA) is 83.7 Å². The number of thiophene rings is 1. The van der Waals surface area contributed by atoms with Crippen molar-refractivity contribution < 1.29 is 17.7 Å². The fourth-order valence-electron chi connectivity index (χ4n) is 4.52. The molecule has 0 radical (unpaired) electrons. The molecule has 2 aromatic rings. The summed E-state index contributed by atoms with van der Waals surface area (Å²) in [6.07, 6.45) is 5.13. The molecule has 1 saturated heterocycles. The summed E-state index contributed by atoms with van der Waals surface area (Å²) in [5.74, 6) is 1.05. The molecule has 30 heavy (non-hydrogen) atoms. The Balaban J connectivity index is 1.47. The molecule has 1 fully saturated rings. The van der Waals surface area contributed by atoms with Crippen LogP contribution in [0.2, 0.25) is 0 Å². The van der Waals surface area contributed by atoms with E-state index in [0.29, 0.717) is 37.5 Å². The minimum absolute atomic E-state index is 0.0269. The highest BCUT2D eigenvalue weighted by Gasteiger charge is 2.33. The van der Waals surface area contributed by atoms with Crippen LogP contribution in [-0.4, -0.2) is 54.9 Å². The molecule has 1 aliphatic heterocycles. The minimum atomic E-state index is -3.69. The molecule has 1 atom stereocenters. The van der Waals surface area contributed by atoms with Crippen LogP contribution in [-0.2, 0) is 22.9 Å². The highest BCUT2D eigenvalue weighted by Crippen LogP contribution is 2.34. The minimum Gasteiger partial charge on any atom is -0.360 e. The first-order valence-corrected chi connectivity index (χ1v) is 12.9. The molecule has 4 rings (SSSR count). The second-order valence-electron chi connectivity index (χ2n) is 8.28. The number of sulfonamides is 1. The standard InChI is InChI=1S/C21H29N3O4S2/c1-4-16-6-7-18-17(12-16)13-19(29-18)21(25)23-8-5-9-24(11-10-23)30(26,27)20-14(2)22-28-15(20)3/h13,16H,4-12H2,1-3H3. The number of carbonyl (C=O) groups excluding carboxylic acids is 1. The Morgan fingerprint density at radius 3 is 2.77 bits per heavy atom. The van der Waals surface area contributed by atoms with Crippen molar-refractivity contribution in [1.29, 1.82) is 0 Å². The zero-order chi connectivity index (χ0) is 21.5. The Hall–Kier alpha value is -1.71. The van der Waals surface area contributed by atoms with E-state index in [1.165, 1.54) is 27.6 Å². The first-order valence-electron chi connectivity index (χ1n) is 10.6. The second kappa shape index (κ2) is 8.43. The van der Waals surface area contributed by atoms with Crippen LogP contribution in [0.4, 0.5) is 0 Å². The van der Waals surface area contributed by atoms with E-state index in [2.05, 4.69) is 18.1 Å². The van der Waals surface area contributed by atoms with Gasteiger partial charge in [0.25, 0.3) is 5.91 Å². The molecule has 0 aromatic carbocycles. The number of rotatable bonds is 4. The fourth-order valence-corrected chi connectivity index (χ4v) is 7.46. The maximum atomic E-state index is 13.2. The number of aromatic nitrogens is 1. The number of hydrogen-bond acceptors (Lipinski definition) is 6. The predicted molar refractivity (Wildman–Crippen MR) is 115 cm³/mol. The molecule has 7 nitrogen and oxygen atoms in total. The van der Waals surface area contributed by atoms with Gasteiger partial charge >= 0.3 is 0 Å². The average molecular weight is 452 g/mol. The normalized spacial score (nSPS) is 20.8. The van der Waals surface area contributed by atoms with Crippen molar-refractivity contribution in [3.05, 3.63) is 32.8 Å². The Labute approximate surface area is 182 Å². The summed E-state index contributed by atoms with van der Waals surface area (Å²) in [4.78, 5) is 17.3.